The molecule has 0 radical (unpaired) electrons. The Bertz CT molecular complexity index is 143. The van der Waals surface area contributed by atoms with E-state index in [2.05, 4.69) is 20.4 Å². The molecule has 0 atom stereocenters. The molecule has 0 N–H and O–H groups in total. The number of allylic oxidation sites excluding steroid dienone is 3. The molecule has 0 rings (SSSR count). The maximum atomic E-state index is 10.6. The monoisotopic (exact) mass is 138 g/mol. The summed E-state index contributed by atoms with van der Waals surface area (Å²) in [6.07, 6.45) is 5.72. The zero-order chi connectivity index (χ0) is 7.98. The lowest BCUT2D eigenvalue weighted by molar-refractivity contribution is -0.110. The van der Waals surface area contributed by atoms with Crippen LogP contribution < -0.4 is 0 Å². The van der Waals surface area contributed by atoms with E-state index in [4.69, 9.17) is 0 Å². The van der Waals surface area contributed by atoms with Gasteiger partial charge in [-0.2, -0.15) is 0 Å². The lowest BCUT2D eigenvalue weighted by atomic mass is 10.1. The van der Waals surface area contributed by atoms with Gasteiger partial charge in [-0.3, -0.25) is 4.79 Å². The van der Waals surface area contributed by atoms with E-state index in [1.54, 1.807) is 6.08 Å². The highest BCUT2D eigenvalue weighted by Gasteiger charge is 1.88. The second-order valence-electron chi connectivity index (χ2n) is 2.64. The second-order valence-corrected chi connectivity index (χ2v) is 2.64. The third-order valence-corrected chi connectivity index (χ3v) is 1.09. The smallest absolute Gasteiger partial charge is 0.177 e. The van der Waals surface area contributed by atoms with Gasteiger partial charge < -0.3 is 0 Å². The quantitative estimate of drug-likeness (QED) is 0.545. The van der Waals surface area contributed by atoms with Crippen LogP contribution in [0.25, 0.3) is 0 Å². The van der Waals surface area contributed by atoms with Gasteiger partial charge in [-0.05, 0) is 24.5 Å². The van der Waals surface area contributed by atoms with E-state index in [1.165, 1.54) is 6.08 Å². The summed E-state index contributed by atoms with van der Waals surface area (Å²) in [5, 5.41) is 0. The molecule has 0 spiro atoms. The zero-order valence-electron chi connectivity index (χ0n) is 6.63. The average Bonchev–Trinajstić information content (AvgIpc) is 1.87. The Labute approximate surface area is 62.4 Å². The summed E-state index contributed by atoms with van der Waals surface area (Å²) in [4.78, 5) is 10.6. The van der Waals surface area contributed by atoms with Crippen LogP contribution in [-0.4, -0.2) is 5.78 Å². The fraction of sp³-hybridized carbons (Fsp3) is 0.444. The molecule has 0 aliphatic rings. The van der Waals surface area contributed by atoms with Gasteiger partial charge in [-0.25, -0.2) is 0 Å². The van der Waals surface area contributed by atoms with Crippen molar-refractivity contribution in [1.29, 1.82) is 0 Å². The van der Waals surface area contributed by atoms with Crippen molar-refractivity contribution in [3.63, 3.8) is 0 Å². The molecule has 0 heterocycles. The Hall–Kier alpha value is -0.850. The van der Waals surface area contributed by atoms with Crippen LogP contribution in [0.1, 0.15) is 20.3 Å². The number of carbonyl (C=O) groups excluding carboxylic acids is 1. The summed E-state index contributed by atoms with van der Waals surface area (Å²) in [6.45, 7) is 7.59. The summed E-state index contributed by atoms with van der Waals surface area (Å²) >= 11 is 0. The summed E-state index contributed by atoms with van der Waals surface area (Å²) < 4.78 is 0. The SMILES string of the molecule is C=CC(=O)C=CCC(C)C. The van der Waals surface area contributed by atoms with Gasteiger partial charge in [0.15, 0.2) is 5.78 Å². The van der Waals surface area contributed by atoms with Crippen molar-refractivity contribution in [2.45, 2.75) is 20.3 Å². The Morgan fingerprint density at radius 3 is 2.60 bits per heavy atom. The standard InChI is InChI=1S/C9H14O/c1-4-9(10)7-5-6-8(2)3/h4-5,7-8H,1,6H2,2-3H3. The van der Waals surface area contributed by atoms with E-state index in [0.29, 0.717) is 5.92 Å². The minimum atomic E-state index is -0.0133. The van der Waals surface area contributed by atoms with Crippen molar-refractivity contribution in [3.8, 4) is 0 Å². The van der Waals surface area contributed by atoms with Crippen molar-refractivity contribution >= 4 is 5.78 Å². The van der Waals surface area contributed by atoms with Crippen LogP contribution in [-0.2, 0) is 4.79 Å². The number of hydrogen-bond donors (Lipinski definition) is 0. The fourth-order valence-corrected chi connectivity index (χ4v) is 0.524. The van der Waals surface area contributed by atoms with Gasteiger partial charge >= 0.3 is 0 Å². The van der Waals surface area contributed by atoms with Crippen LogP contribution in [0.4, 0.5) is 0 Å². The highest BCUT2D eigenvalue weighted by molar-refractivity contribution is 5.98. The first kappa shape index (κ1) is 9.15. The molecule has 10 heavy (non-hydrogen) atoms. The van der Waals surface area contributed by atoms with E-state index in [1.807, 2.05) is 6.08 Å². The maximum absolute atomic E-state index is 10.6. The third kappa shape index (κ3) is 5.29. The molecular weight excluding hydrogens is 124 g/mol. The topological polar surface area (TPSA) is 17.1 Å². The molecule has 0 bridgehead atoms. The molecule has 0 aliphatic carbocycles. The molecule has 0 aromatic carbocycles. The number of rotatable bonds is 4. The second kappa shape index (κ2) is 4.98. The first-order chi connectivity index (χ1) is 4.66. The largest absolute Gasteiger partial charge is 0.290 e. The van der Waals surface area contributed by atoms with Gasteiger partial charge in [-0.1, -0.05) is 26.5 Å². The highest BCUT2D eigenvalue weighted by atomic mass is 16.1. The van der Waals surface area contributed by atoms with Gasteiger partial charge in [0, 0.05) is 0 Å². The lowest BCUT2D eigenvalue weighted by Gasteiger charge is -1.94. The number of ketones is 1. The average molecular weight is 138 g/mol. The summed E-state index contributed by atoms with van der Waals surface area (Å²) in [6, 6.07) is 0. The number of hydrogen-bond acceptors (Lipinski definition) is 1. The van der Waals surface area contributed by atoms with E-state index in [9.17, 15) is 4.79 Å². The van der Waals surface area contributed by atoms with Crippen LogP contribution in [0.15, 0.2) is 24.8 Å². The molecule has 0 fully saturated rings. The fourth-order valence-electron chi connectivity index (χ4n) is 0.524. The molecule has 1 heteroatoms. The summed E-state index contributed by atoms with van der Waals surface area (Å²) in [5.41, 5.74) is 0. The van der Waals surface area contributed by atoms with E-state index >= 15 is 0 Å². The molecule has 1 nitrogen and oxygen atoms in total. The van der Waals surface area contributed by atoms with Gasteiger partial charge in [0.1, 0.15) is 0 Å². The van der Waals surface area contributed by atoms with Crippen molar-refractivity contribution in [2.75, 3.05) is 0 Å². The maximum Gasteiger partial charge on any atom is 0.177 e. The zero-order valence-corrected chi connectivity index (χ0v) is 6.63. The van der Waals surface area contributed by atoms with Gasteiger partial charge in [-0.15, -0.1) is 0 Å². The predicted octanol–water partition coefficient (Wildman–Crippen LogP) is 2.34. The summed E-state index contributed by atoms with van der Waals surface area (Å²) in [5.74, 6) is 0.606. The van der Waals surface area contributed by atoms with Crippen LogP contribution in [0.3, 0.4) is 0 Å². The third-order valence-electron chi connectivity index (χ3n) is 1.09. The van der Waals surface area contributed by atoms with Crippen LogP contribution >= 0.6 is 0 Å². The Morgan fingerprint density at radius 2 is 2.20 bits per heavy atom. The molecule has 0 unspecified atom stereocenters. The first-order valence-electron chi connectivity index (χ1n) is 3.49. The lowest BCUT2D eigenvalue weighted by Crippen LogP contribution is -1.86. The molecule has 0 saturated heterocycles. The molecule has 0 aromatic heterocycles. The van der Waals surface area contributed by atoms with Gasteiger partial charge in [0.05, 0.1) is 0 Å². The molecule has 56 valence electrons. The van der Waals surface area contributed by atoms with E-state index in [0.717, 1.165) is 6.42 Å². The van der Waals surface area contributed by atoms with Crippen LogP contribution in [0.2, 0.25) is 0 Å². The number of carbonyl (C=O) groups is 1. The minimum Gasteiger partial charge on any atom is -0.290 e. The van der Waals surface area contributed by atoms with E-state index in [-0.39, 0.29) is 5.78 Å². The first-order valence-corrected chi connectivity index (χ1v) is 3.49. The predicted molar refractivity (Wildman–Crippen MR) is 43.8 cm³/mol. The van der Waals surface area contributed by atoms with Crippen LogP contribution in [0.5, 0.6) is 0 Å². The van der Waals surface area contributed by atoms with Crippen molar-refractivity contribution in [1.82, 2.24) is 0 Å². The Kier molecular flexibility index (Phi) is 4.55. The Morgan fingerprint density at radius 1 is 1.60 bits per heavy atom. The van der Waals surface area contributed by atoms with Crippen molar-refractivity contribution in [3.05, 3.63) is 24.8 Å². The van der Waals surface area contributed by atoms with Crippen molar-refractivity contribution < 1.29 is 4.79 Å². The normalized spacial score (nSPS) is 10.7. The molecule has 0 saturated carbocycles. The molecular formula is C9H14O. The molecule has 0 aromatic rings. The van der Waals surface area contributed by atoms with E-state index < -0.39 is 0 Å². The highest BCUT2D eigenvalue weighted by Crippen LogP contribution is 1.99. The van der Waals surface area contributed by atoms with Crippen LogP contribution in [0, 0.1) is 5.92 Å². The van der Waals surface area contributed by atoms with Crippen molar-refractivity contribution in [2.24, 2.45) is 5.92 Å². The van der Waals surface area contributed by atoms with Gasteiger partial charge in [0.25, 0.3) is 0 Å². The minimum absolute atomic E-state index is 0.0133. The Balaban J connectivity index is 3.55. The van der Waals surface area contributed by atoms with Gasteiger partial charge in [0.2, 0.25) is 0 Å². The molecule has 0 amide bonds. The summed E-state index contributed by atoms with van der Waals surface area (Å²) in [7, 11) is 0. The molecule has 0 aliphatic heterocycles.